The highest BCUT2D eigenvalue weighted by Gasteiger charge is 2.19. The van der Waals surface area contributed by atoms with Gasteiger partial charge in [0.05, 0.1) is 12.1 Å². The van der Waals surface area contributed by atoms with Crippen molar-refractivity contribution in [2.45, 2.75) is 39.2 Å². The quantitative estimate of drug-likeness (QED) is 0.682. The lowest BCUT2D eigenvalue weighted by atomic mass is 10.1. The molecule has 0 aromatic heterocycles. The zero-order chi connectivity index (χ0) is 12.6. The molecule has 0 radical (unpaired) electrons. The smallest absolute Gasteiger partial charge is 0.221 e. The van der Waals surface area contributed by atoms with Crippen LogP contribution in [0.25, 0.3) is 0 Å². The van der Waals surface area contributed by atoms with Crippen molar-refractivity contribution in [1.29, 1.82) is 0 Å². The largest absolute Gasteiger partial charge is 0.382 e. The van der Waals surface area contributed by atoms with Gasteiger partial charge in [0.25, 0.3) is 0 Å². The number of amides is 1. The van der Waals surface area contributed by atoms with Gasteiger partial charge in [-0.15, -0.1) is 0 Å². The van der Waals surface area contributed by atoms with Gasteiger partial charge in [0.1, 0.15) is 0 Å². The molecule has 4 heteroatoms. The molecule has 0 aliphatic heterocycles. The second kappa shape index (κ2) is 7.63. The third-order valence-corrected chi connectivity index (χ3v) is 2.31. The minimum atomic E-state index is -0.283. The minimum Gasteiger partial charge on any atom is -0.382 e. The highest BCUT2D eigenvalue weighted by molar-refractivity contribution is 5.76. The molecule has 1 amide bonds. The molecule has 0 aromatic rings. The van der Waals surface area contributed by atoms with Crippen molar-refractivity contribution in [1.82, 2.24) is 10.2 Å². The predicted octanol–water partition coefficient (Wildman–Crippen LogP) is 1.26. The molecule has 0 spiro atoms. The number of methoxy groups -OCH3 is 1. The summed E-state index contributed by atoms with van der Waals surface area (Å²) >= 11 is 0. The van der Waals surface area contributed by atoms with E-state index in [1.54, 1.807) is 7.11 Å². The first-order valence-electron chi connectivity index (χ1n) is 5.89. The van der Waals surface area contributed by atoms with E-state index in [0.29, 0.717) is 13.0 Å². The van der Waals surface area contributed by atoms with Crippen LogP contribution in [0, 0.1) is 0 Å². The molecule has 0 bridgehead atoms. The molecule has 0 atom stereocenters. The first-order valence-corrected chi connectivity index (χ1v) is 5.89. The predicted molar refractivity (Wildman–Crippen MR) is 66.5 cm³/mol. The molecule has 16 heavy (non-hydrogen) atoms. The summed E-state index contributed by atoms with van der Waals surface area (Å²) in [5.74, 6) is 0.0880. The van der Waals surface area contributed by atoms with Gasteiger partial charge in [-0.1, -0.05) is 6.92 Å². The zero-order valence-corrected chi connectivity index (χ0v) is 11.3. The Hall–Kier alpha value is -0.610. The van der Waals surface area contributed by atoms with Crippen molar-refractivity contribution in [3.8, 4) is 0 Å². The number of nitrogens with one attached hydrogen (secondary N) is 1. The SMILES string of the molecule is CCCN(C)CCC(=O)NC(C)(C)COC. The molecule has 0 rings (SSSR count). The van der Waals surface area contributed by atoms with E-state index in [9.17, 15) is 4.79 Å². The molecule has 0 saturated carbocycles. The van der Waals surface area contributed by atoms with Crippen LogP contribution >= 0.6 is 0 Å². The van der Waals surface area contributed by atoms with Crippen molar-refractivity contribution in [2.24, 2.45) is 0 Å². The highest BCUT2D eigenvalue weighted by atomic mass is 16.5. The van der Waals surface area contributed by atoms with Crippen molar-refractivity contribution in [3.63, 3.8) is 0 Å². The van der Waals surface area contributed by atoms with Crippen LogP contribution in [-0.2, 0) is 9.53 Å². The lowest BCUT2D eigenvalue weighted by Gasteiger charge is -2.25. The van der Waals surface area contributed by atoms with Gasteiger partial charge in [0, 0.05) is 20.1 Å². The molecular weight excluding hydrogens is 204 g/mol. The lowest BCUT2D eigenvalue weighted by molar-refractivity contribution is -0.123. The summed E-state index contributed by atoms with van der Waals surface area (Å²) in [4.78, 5) is 13.8. The lowest BCUT2D eigenvalue weighted by Crippen LogP contribution is -2.47. The Kier molecular flexibility index (Phi) is 7.34. The van der Waals surface area contributed by atoms with E-state index in [4.69, 9.17) is 4.74 Å². The Morgan fingerprint density at radius 3 is 2.50 bits per heavy atom. The average molecular weight is 230 g/mol. The van der Waals surface area contributed by atoms with Gasteiger partial charge in [-0.05, 0) is 33.9 Å². The summed E-state index contributed by atoms with van der Waals surface area (Å²) in [5.41, 5.74) is -0.283. The van der Waals surface area contributed by atoms with Crippen molar-refractivity contribution < 1.29 is 9.53 Å². The van der Waals surface area contributed by atoms with Gasteiger partial charge in [0.15, 0.2) is 0 Å². The maximum Gasteiger partial charge on any atom is 0.221 e. The highest BCUT2D eigenvalue weighted by Crippen LogP contribution is 2.02. The Morgan fingerprint density at radius 1 is 1.38 bits per heavy atom. The number of carbonyl (C=O) groups is 1. The Morgan fingerprint density at radius 2 is 2.00 bits per heavy atom. The van der Waals surface area contributed by atoms with Crippen LogP contribution in [0.15, 0.2) is 0 Å². The van der Waals surface area contributed by atoms with Crippen LogP contribution in [-0.4, -0.2) is 50.2 Å². The van der Waals surface area contributed by atoms with E-state index >= 15 is 0 Å². The maximum absolute atomic E-state index is 11.6. The second-order valence-corrected chi connectivity index (χ2v) is 4.92. The van der Waals surface area contributed by atoms with Crippen LogP contribution in [0.1, 0.15) is 33.6 Å². The number of ether oxygens (including phenoxy) is 1. The number of nitrogens with zero attached hydrogens (tertiary/aromatic N) is 1. The minimum absolute atomic E-state index is 0.0880. The first-order chi connectivity index (χ1) is 7.41. The number of rotatable bonds is 8. The molecule has 4 nitrogen and oxygen atoms in total. The van der Waals surface area contributed by atoms with E-state index in [1.165, 1.54) is 0 Å². The second-order valence-electron chi connectivity index (χ2n) is 4.92. The van der Waals surface area contributed by atoms with Gasteiger partial charge in [-0.2, -0.15) is 0 Å². The Balaban J connectivity index is 3.81. The fourth-order valence-electron chi connectivity index (χ4n) is 1.62. The topological polar surface area (TPSA) is 41.6 Å². The summed E-state index contributed by atoms with van der Waals surface area (Å²) in [6.07, 6.45) is 1.66. The van der Waals surface area contributed by atoms with Crippen LogP contribution in [0.2, 0.25) is 0 Å². The van der Waals surface area contributed by atoms with E-state index in [1.807, 2.05) is 20.9 Å². The van der Waals surface area contributed by atoms with Crippen LogP contribution in [0.3, 0.4) is 0 Å². The van der Waals surface area contributed by atoms with Crippen LogP contribution in [0.4, 0.5) is 0 Å². The summed E-state index contributed by atoms with van der Waals surface area (Å²) in [7, 11) is 3.68. The van der Waals surface area contributed by atoms with Crippen molar-refractivity contribution in [2.75, 3.05) is 33.9 Å². The van der Waals surface area contributed by atoms with E-state index in [2.05, 4.69) is 17.1 Å². The monoisotopic (exact) mass is 230 g/mol. The third-order valence-electron chi connectivity index (χ3n) is 2.31. The normalized spacial score (nSPS) is 11.9. The molecule has 0 aromatic carbocycles. The number of carbonyl (C=O) groups excluding carboxylic acids is 1. The van der Waals surface area contributed by atoms with Gasteiger partial charge in [-0.3, -0.25) is 4.79 Å². The maximum atomic E-state index is 11.6. The molecular formula is C12H26N2O2. The number of hydrogen-bond acceptors (Lipinski definition) is 3. The van der Waals surface area contributed by atoms with Crippen LogP contribution < -0.4 is 5.32 Å². The Bertz CT molecular complexity index is 205. The van der Waals surface area contributed by atoms with E-state index in [-0.39, 0.29) is 11.4 Å². The average Bonchev–Trinajstić information content (AvgIpc) is 2.14. The molecule has 0 unspecified atom stereocenters. The zero-order valence-electron chi connectivity index (χ0n) is 11.3. The molecule has 0 aliphatic rings. The van der Waals surface area contributed by atoms with Gasteiger partial charge in [-0.25, -0.2) is 0 Å². The van der Waals surface area contributed by atoms with Gasteiger partial charge >= 0.3 is 0 Å². The fraction of sp³-hybridized carbons (Fsp3) is 0.917. The summed E-state index contributed by atoms with van der Waals surface area (Å²) in [6.45, 7) is 8.44. The third kappa shape index (κ3) is 7.65. The van der Waals surface area contributed by atoms with Crippen molar-refractivity contribution >= 4 is 5.91 Å². The summed E-state index contributed by atoms with van der Waals surface area (Å²) in [5, 5.41) is 2.96. The van der Waals surface area contributed by atoms with Gasteiger partial charge < -0.3 is 15.0 Å². The standard InChI is InChI=1S/C12H26N2O2/c1-6-8-14(4)9-7-11(15)13-12(2,3)10-16-5/h6-10H2,1-5H3,(H,13,15). The van der Waals surface area contributed by atoms with Crippen molar-refractivity contribution in [3.05, 3.63) is 0 Å². The summed E-state index contributed by atoms with van der Waals surface area (Å²) in [6, 6.07) is 0. The molecule has 0 aliphatic carbocycles. The molecule has 0 heterocycles. The molecule has 1 N–H and O–H groups in total. The van der Waals surface area contributed by atoms with Gasteiger partial charge in [0.2, 0.25) is 5.91 Å². The van der Waals surface area contributed by atoms with Crippen LogP contribution in [0.5, 0.6) is 0 Å². The first kappa shape index (κ1) is 15.4. The van der Waals surface area contributed by atoms with E-state index in [0.717, 1.165) is 19.5 Å². The molecule has 0 fully saturated rings. The molecule has 0 saturated heterocycles. The summed E-state index contributed by atoms with van der Waals surface area (Å²) < 4.78 is 5.05. The number of hydrogen-bond donors (Lipinski definition) is 1. The fourth-order valence-corrected chi connectivity index (χ4v) is 1.62. The Labute approximate surface area is 99.3 Å². The van der Waals surface area contributed by atoms with E-state index < -0.39 is 0 Å². The molecule has 96 valence electrons.